The van der Waals surface area contributed by atoms with Gasteiger partial charge in [-0.1, -0.05) is 191 Å². The van der Waals surface area contributed by atoms with Gasteiger partial charge in [0.1, 0.15) is 47.1 Å². The van der Waals surface area contributed by atoms with E-state index in [1.165, 1.54) is 160 Å². The van der Waals surface area contributed by atoms with Gasteiger partial charge in [-0.05, 0) is 252 Å². The van der Waals surface area contributed by atoms with Gasteiger partial charge >= 0.3 is 0 Å². The van der Waals surface area contributed by atoms with Crippen LogP contribution < -0.4 is 19.5 Å². The number of unbranched alkanes of at least 4 members (excludes halogenated alkanes) is 4. The molecule has 0 spiro atoms. The molecule has 3 saturated heterocycles. The number of anilines is 1. The predicted molar refractivity (Wildman–Crippen MR) is 457 cm³/mol. The van der Waals surface area contributed by atoms with E-state index in [0.29, 0.717) is 25.9 Å². The number of aliphatic hydroxyl groups is 2. The first kappa shape index (κ1) is 90.2. The first-order valence-electron chi connectivity index (χ1n) is 40.8. The van der Waals surface area contributed by atoms with Gasteiger partial charge in [-0.25, -0.2) is 9.97 Å². The standard InChI is InChI=1S/C17H26O2.C16H24O3.C16H24O2.C16H20S.C14H18N2S.C14H17NOS.CH4/c1-2-6-17(18)15-8-5-7-14(13-15)10-11-16-9-3-4-12-19-16;1-2-6-16(17)13-7-5-9-14(11-13)19-12-15-8-3-4-10-18-15;1-2-3-7-14-8-6-10-15(12-14)18-13-16-9-4-5-11-17-16;1-2-3-6-14-7-4-8-15(13-14)10-11-16-9-5-12-17-16;2*1-2-3-5-12-6-4-7-13(10-12)16-11-14-15-8-9-17-14;/h5,7-8,13,16-18H,2-4,6,9-12H2,1H3;5,7,9,11,15-17H,2-4,6,8,10,12H2,1H3;6,8,10,12,16H,2-5,7,9,11,13H2,1H3;4-5,7-9,12-13H,2-3,6,10-11H2,1H3;4,6-10,16H,2-3,5,11H2,1H3;4,6-10H,2-3,5,11H2,1H3;1H4. The molecule has 6 heterocycles. The van der Waals surface area contributed by atoms with Crippen molar-refractivity contribution in [3.8, 4) is 17.2 Å². The zero-order valence-electron chi connectivity index (χ0n) is 65.7. The van der Waals surface area contributed by atoms with E-state index in [0.717, 1.165) is 135 Å². The minimum Gasteiger partial charge on any atom is -0.491 e. The van der Waals surface area contributed by atoms with Crippen LogP contribution in [0.4, 0.5) is 5.69 Å². The summed E-state index contributed by atoms with van der Waals surface area (Å²) >= 11 is 5.17. The molecule has 3 fully saturated rings. The number of thiophene rings is 1. The minimum absolute atomic E-state index is 0. The second-order valence-electron chi connectivity index (χ2n) is 28.4. The Hall–Kier alpha value is -6.72. The molecule has 14 heteroatoms. The van der Waals surface area contributed by atoms with Crippen LogP contribution in [0.1, 0.15) is 262 Å². The third-order valence-electron chi connectivity index (χ3n) is 19.2. The summed E-state index contributed by atoms with van der Waals surface area (Å²) in [6, 6.07) is 55.1. The molecule has 6 aromatic carbocycles. The zero-order chi connectivity index (χ0) is 75.4. The Bertz CT molecular complexity index is 3350. The van der Waals surface area contributed by atoms with E-state index in [1.807, 2.05) is 70.8 Å². The minimum atomic E-state index is -0.389. The molecule has 0 saturated carbocycles. The molecule has 3 N–H and O–H groups in total. The predicted octanol–water partition coefficient (Wildman–Crippen LogP) is 25.1. The van der Waals surface area contributed by atoms with Gasteiger partial charge in [-0.2, -0.15) is 0 Å². The van der Waals surface area contributed by atoms with Gasteiger partial charge < -0.3 is 44.0 Å². The molecule has 0 radical (unpaired) electrons. The highest BCUT2D eigenvalue weighted by Crippen LogP contribution is 2.27. The molecule has 0 amide bonds. The lowest BCUT2D eigenvalue weighted by Gasteiger charge is -2.22. The van der Waals surface area contributed by atoms with Gasteiger partial charge in [0.05, 0.1) is 37.1 Å². The van der Waals surface area contributed by atoms with Crippen LogP contribution in [0.5, 0.6) is 17.2 Å². The van der Waals surface area contributed by atoms with Gasteiger partial charge in [0.15, 0.2) is 0 Å². The van der Waals surface area contributed by atoms with Crippen molar-refractivity contribution in [3.63, 3.8) is 0 Å². The van der Waals surface area contributed by atoms with Crippen LogP contribution in [-0.4, -0.2) is 71.5 Å². The van der Waals surface area contributed by atoms with Crippen LogP contribution >= 0.6 is 34.0 Å². The lowest BCUT2D eigenvalue weighted by Crippen LogP contribution is -2.25. The van der Waals surface area contributed by atoms with Crippen molar-refractivity contribution in [3.05, 3.63) is 246 Å². The number of hydrogen-bond donors (Lipinski definition) is 3. The number of aliphatic hydroxyl groups excluding tert-OH is 2. The fourth-order valence-corrected chi connectivity index (χ4v) is 14.7. The maximum atomic E-state index is 10.0. The van der Waals surface area contributed by atoms with Crippen LogP contribution in [0, 0.1) is 0 Å². The molecule has 3 aliphatic heterocycles. The number of thiazole rings is 2. The summed E-state index contributed by atoms with van der Waals surface area (Å²) in [5.74, 6) is 2.74. The number of nitrogens with zero attached hydrogens (tertiary/aromatic N) is 2. The number of aromatic nitrogens is 2. The lowest BCUT2D eigenvalue weighted by molar-refractivity contribution is -0.0111. The largest absolute Gasteiger partial charge is 0.491 e. The number of nitrogens with one attached hydrogen (secondary N) is 1. The fraction of sp³-hybridized carbons (Fsp3) is 0.511. The van der Waals surface area contributed by atoms with Crippen molar-refractivity contribution in [2.24, 2.45) is 0 Å². The van der Waals surface area contributed by atoms with E-state index in [-0.39, 0.29) is 31.8 Å². The van der Waals surface area contributed by atoms with Crippen LogP contribution in [0.25, 0.3) is 0 Å². The van der Waals surface area contributed by atoms with Crippen molar-refractivity contribution in [1.82, 2.24) is 9.97 Å². The van der Waals surface area contributed by atoms with Gasteiger partial charge in [0.25, 0.3) is 0 Å². The molecule has 12 rings (SSSR count). The van der Waals surface area contributed by atoms with E-state index < -0.39 is 0 Å². The van der Waals surface area contributed by atoms with E-state index in [1.54, 1.807) is 28.9 Å². The summed E-state index contributed by atoms with van der Waals surface area (Å²) in [4.78, 5) is 9.95. The Morgan fingerprint density at radius 3 is 1.35 bits per heavy atom. The summed E-state index contributed by atoms with van der Waals surface area (Å²) < 4.78 is 34.4. The number of benzene rings is 6. The molecule has 590 valence electrons. The van der Waals surface area contributed by atoms with Crippen LogP contribution in [0.3, 0.4) is 0 Å². The van der Waals surface area contributed by atoms with E-state index in [4.69, 9.17) is 28.4 Å². The van der Waals surface area contributed by atoms with Crippen molar-refractivity contribution in [2.45, 2.75) is 279 Å². The van der Waals surface area contributed by atoms with E-state index >= 15 is 0 Å². The van der Waals surface area contributed by atoms with Crippen LogP contribution in [-0.2, 0) is 72.3 Å². The zero-order valence-corrected chi connectivity index (χ0v) is 68.2. The molecule has 5 unspecified atom stereocenters. The molecule has 11 nitrogen and oxygen atoms in total. The third kappa shape index (κ3) is 38.3. The Morgan fingerprint density at radius 1 is 0.417 bits per heavy atom. The second kappa shape index (κ2) is 56.5. The number of aryl methyl sites for hydroxylation is 7. The molecular formula is C94H133N3O8S3. The average molecular weight is 1530 g/mol. The number of hydrogen-bond acceptors (Lipinski definition) is 14. The Labute approximate surface area is 664 Å². The molecular weight excluding hydrogens is 1400 g/mol. The molecule has 9 aromatic rings. The highest BCUT2D eigenvalue weighted by Gasteiger charge is 2.18. The SMILES string of the molecule is C.CCCC(O)c1cccc(CCC2CCCCO2)c1.CCCC(O)c1cccc(OCC2CCCCO2)c1.CCCCc1cccc(CCc2cccs2)c1.CCCCc1cccc(NCc2nccs2)c1.CCCCc1cccc(OCC2CCCCO2)c1.CCCCc1cccc(OCc2nccs2)c1. The smallest absolute Gasteiger partial charge is 0.140 e. The summed E-state index contributed by atoms with van der Waals surface area (Å²) in [6.07, 6.45) is 37.5. The molecule has 0 bridgehead atoms. The van der Waals surface area contributed by atoms with Crippen molar-refractivity contribution >= 4 is 39.7 Å². The molecule has 0 aliphatic carbocycles. The van der Waals surface area contributed by atoms with Crippen molar-refractivity contribution in [1.29, 1.82) is 0 Å². The monoisotopic (exact) mass is 1530 g/mol. The Kier molecular flexibility index (Phi) is 47.2. The maximum absolute atomic E-state index is 10.0. The van der Waals surface area contributed by atoms with Gasteiger partial charge in [0, 0.05) is 53.5 Å². The van der Waals surface area contributed by atoms with Gasteiger partial charge in [-0.3, -0.25) is 0 Å². The molecule has 108 heavy (non-hydrogen) atoms. The molecule has 3 aromatic heterocycles. The molecule has 3 aliphatic rings. The van der Waals surface area contributed by atoms with Crippen LogP contribution in [0.15, 0.2) is 186 Å². The maximum Gasteiger partial charge on any atom is 0.140 e. The lowest BCUT2D eigenvalue weighted by atomic mass is 9.98. The highest BCUT2D eigenvalue weighted by atomic mass is 32.1. The Balaban J connectivity index is 0.000000202. The Morgan fingerprint density at radius 2 is 0.861 bits per heavy atom. The number of ether oxygens (including phenoxy) is 6. The van der Waals surface area contributed by atoms with E-state index in [9.17, 15) is 10.2 Å². The fourth-order valence-electron chi connectivity index (χ4n) is 12.9. The second-order valence-corrected chi connectivity index (χ2v) is 31.3. The highest BCUT2D eigenvalue weighted by molar-refractivity contribution is 7.10. The number of rotatable bonds is 36. The summed E-state index contributed by atoms with van der Waals surface area (Å²) in [5.41, 5.74) is 11.6. The van der Waals surface area contributed by atoms with Gasteiger partial charge in [0.2, 0.25) is 0 Å². The van der Waals surface area contributed by atoms with Gasteiger partial charge in [-0.15, -0.1) is 34.0 Å². The van der Waals surface area contributed by atoms with Crippen molar-refractivity contribution < 1.29 is 38.6 Å². The van der Waals surface area contributed by atoms with E-state index in [2.05, 4.69) is 177 Å². The first-order chi connectivity index (χ1) is 52.6. The summed E-state index contributed by atoms with van der Waals surface area (Å²) in [5, 5.41) is 31.7. The summed E-state index contributed by atoms with van der Waals surface area (Å²) in [7, 11) is 0. The first-order valence-corrected chi connectivity index (χ1v) is 43.4. The van der Waals surface area contributed by atoms with Crippen LogP contribution in [0.2, 0.25) is 0 Å². The van der Waals surface area contributed by atoms with Crippen molar-refractivity contribution in [2.75, 3.05) is 38.4 Å². The normalized spacial score (nSPS) is 15.7. The third-order valence-corrected chi connectivity index (χ3v) is 21.6. The average Bonchev–Trinajstić information content (AvgIpc) is 2.00. The summed E-state index contributed by atoms with van der Waals surface area (Å²) in [6.45, 7) is 18.4. The quantitative estimate of drug-likeness (QED) is 0.0347. The topological polar surface area (TPSA) is 134 Å². The molecule has 5 atom stereocenters.